The summed E-state index contributed by atoms with van der Waals surface area (Å²) in [6.45, 7) is 6.14. The number of fused-ring (bicyclic) bond motifs is 1. The molecule has 5 nitrogen and oxygen atoms in total. The van der Waals surface area contributed by atoms with Gasteiger partial charge in [-0.2, -0.15) is 0 Å². The number of hydrogen-bond acceptors (Lipinski definition) is 3. The molecule has 1 N–H and O–H groups in total. The molecule has 1 saturated carbocycles. The molecule has 23 heavy (non-hydrogen) atoms. The summed E-state index contributed by atoms with van der Waals surface area (Å²) in [6, 6.07) is 0. The van der Waals surface area contributed by atoms with Crippen molar-refractivity contribution in [2.75, 3.05) is 33.3 Å². The summed E-state index contributed by atoms with van der Waals surface area (Å²) in [5, 5.41) is 3.43. The Balaban J connectivity index is 0.00000264. The Morgan fingerprint density at radius 3 is 2.43 bits per heavy atom. The Morgan fingerprint density at radius 1 is 1.22 bits per heavy atom. The maximum atomic E-state index is 11.1. The zero-order chi connectivity index (χ0) is 15.8. The Hall–Kier alpha value is -0.530. The maximum Gasteiger partial charge on any atom is 0.305 e. The molecule has 2 atom stereocenters. The molecular weight excluding hydrogens is 405 g/mol. The van der Waals surface area contributed by atoms with E-state index in [1.54, 1.807) is 0 Å². The first-order valence-electron chi connectivity index (χ1n) is 8.84. The van der Waals surface area contributed by atoms with Crippen LogP contribution in [0.15, 0.2) is 4.99 Å². The van der Waals surface area contributed by atoms with Crippen molar-refractivity contribution in [1.29, 1.82) is 0 Å². The van der Waals surface area contributed by atoms with Gasteiger partial charge in [0.1, 0.15) is 0 Å². The molecule has 134 valence electrons. The van der Waals surface area contributed by atoms with Gasteiger partial charge in [0.2, 0.25) is 0 Å². The van der Waals surface area contributed by atoms with E-state index in [0.29, 0.717) is 6.42 Å². The van der Waals surface area contributed by atoms with Crippen molar-refractivity contribution in [3.63, 3.8) is 0 Å². The van der Waals surface area contributed by atoms with E-state index in [1.807, 2.05) is 0 Å². The van der Waals surface area contributed by atoms with Gasteiger partial charge in [-0.15, -0.1) is 24.0 Å². The van der Waals surface area contributed by atoms with Crippen molar-refractivity contribution < 1.29 is 9.53 Å². The summed E-state index contributed by atoms with van der Waals surface area (Å²) >= 11 is 0. The first kappa shape index (κ1) is 20.5. The highest BCUT2D eigenvalue weighted by Crippen LogP contribution is 2.35. The van der Waals surface area contributed by atoms with Gasteiger partial charge in [0.05, 0.1) is 7.11 Å². The molecule has 1 heterocycles. The van der Waals surface area contributed by atoms with Crippen molar-refractivity contribution >= 4 is 35.9 Å². The average Bonchev–Trinajstić information content (AvgIpc) is 2.97. The molecule has 2 fully saturated rings. The van der Waals surface area contributed by atoms with Crippen LogP contribution >= 0.6 is 24.0 Å². The third-order valence-electron chi connectivity index (χ3n) is 4.89. The minimum absolute atomic E-state index is 0. The molecule has 2 unspecified atom stereocenters. The maximum absolute atomic E-state index is 11.1. The fourth-order valence-corrected chi connectivity index (χ4v) is 3.67. The van der Waals surface area contributed by atoms with E-state index in [4.69, 9.17) is 4.99 Å². The second-order valence-electron chi connectivity index (χ2n) is 6.48. The SMILES string of the molecule is CCNC(=NCCCCC(=O)OC)N1CC2CCCCC2C1.I. The topological polar surface area (TPSA) is 53.9 Å². The lowest BCUT2D eigenvalue weighted by molar-refractivity contribution is -0.140. The Kier molecular flexibility index (Phi) is 9.90. The number of methoxy groups -OCH3 is 1. The summed E-state index contributed by atoms with van der Waals surface area (Å²) in [4.78, 5) is 18.3. The van der Waals surface area contributed by atoms with E-state index in [-0.39, 0.29) is 29.9 Å². The first-order valence-corrected chi connectivity index (χ1v) is 8.84. The Labute approximate surface area is 157 Å². The number of carbonyl (C=O) groups excluding carboxylic acids is 1. The molecule has 0 aromatic heterocycles. The lowest BCUT2D eigenvalue weighted by Crippen LogP contribution is -2.40. The first-order chi connectivity index (χ1) is 10.7. The van der Waals surface area contributed by atoms with Gasteiger partial charge in [-0.1, -0.05) is 12.8 Å². The second kappa shape index (κ2) is 11.1. The zero-order valence-corrected chi connectivity index (χ0v) is 16.9. The molecule has 1 aliphatic heterocycles. The van der Waals surface area contributed by atoms with Gasteiger partial charge in [0, 0.05) is 32.6 Å². The quantitative estimate of drug-likeness (QED) is 0.228. The van der Waals surface area contributed by atoms with Gasteiger partial charge in [0.25, 0.3) is 0 Å². The highest BCUT2D eigenvalue weighted by molar-refractivity contribution is 14.0. The highest BCUT2D eigenvalue weighted by Gasteiger charge is 2.35. The van der Waals surface area contributed by atoms with E-state index in [2.05, 4.69) is 21.9 Å². The second-order valence-corrected chi connectivity index (χ2v) is 6.48. The minimum Gasteiger partial charge on any atom is -0.469 e. The number of aliphatic imine (C=N–C) groups is 1. The molecule has 1 aliphatic carbocycles. The monoisotopic (exact) mass is 437 g/mol. The molecule has 0 aromatic rings. The third-order valence-corrected chi connectivity index (χ3v) is 4.89. The molecule has 0 radical (unpaired) electrons. The molecule has 0 aromatic carbocycles. The van der Waals surface area contributed by atoms with Gasteiger partial charge < -0.3 is 15.0 Å². The largest absolute Gasteiger partial charge is 0.469 e. The fraction of sp³-hybridized carbons (Fsp3) is 0.882. The van der Waals surface area contributed by atoms with Gasteiger partial charge in [-0.05, 0) is 44.4 Å². The predicted octanol–water partition coefficient (Wildman–Crippen LogP) is 3.04. The van der Waals surface area contributed by atoms with E-state index >= 15 is 0 Å². The Morgan fingerprint density at radius 2 is 1.87 bits per heavy atom. The van der Waals surface area contributed by atoms with Crippen molar-refractivity contribution in [2.24, 2.45) is 16.8 Å². The third kappa shape index (κ3) is 6.47. The van der Waals surface area contributed by atoms with Gasteiger partial charge in [0.15, 0.2) is 5.96 Å². The highest BCUT2D eigenvalue weighted by atomic mass is 127. The van der Waals surface area contributed by atoms with Crippen molar-refractivity contribution in [1.82, 2.24) is 10.2 Å². The number of rotatable bonds is 6. The summed E-state index contributed by atoms with van der Waals surface area (Å²) in [5.41, 5.74) is 0. The molecule has 2 rings (SSSR count). The number of hydrogen-bond donors (Lipinski definition) is 1. The smallest absolute Gasteiger partial charge is 0.305 e. The van der Waals surface area contributed by atoms with Crippen LogP contribution in [0.4, 0.5) is 0 Å². The van der Waals surface area contributed by atoms with Crippen molar-refractivity contribution in [2.45, 2.75) is 51.9 Å². The number of nitrogens with zero attached hydrogens (tertiary/aromatic N) is 2. The lowest BCUT2D eigenvalue weighted by atomic mass is 9.82. The van der Waals surface area contributed by atoms with E-state index in [9.17, 15) is 4.79 Å². The van der Waals surface area contributed by atoms with Crippen molar-refractivity contribution in [3.8, 4) is 0 Å². The average molecular weight is 437 g/mol. The summed E-state index contributed by atoms with van der Waals surface area (Å²) in [7, 11) is 1.44. The molecule has 0 bridgehead atoms. The van der Waals surface area contributed by atoms with Crippen LogP contribution in [-0.2, 0) is 9.53 Å². The summed E-state index contributed by atoms with van der Waals surface area (Å²) in [5.74, 6) is 2.68. The number of halogens is 1. The van der Waals surface area contributed by atoms with Crippen LogP contribution in [0.25, 0.3) is 0 Å². The standard InChI is InChI=1S/C17H31N3O2.HI/c1-3-18-17(19-11-7-6-10-16(21)22-2)20-12-14-8-4-5-9-15(14)13-20;/h14-15H,3-13H2,1-2H3,(H,18,19);1H. The van der Waals surface area contributed by atoms with Crippen LogP contribution in [0.3, 0.4) is 0 Å². The molecule has 0 amide bonds. The minimum atomic E-state index is -0.125. The lowest BCUT2D eigenvalue weighted by Gasteiger charge is -2.22. The van der Waals surface area contributed by atoms with Crippen LogP contribution < -0.4 is 5.32 Å². The van der Waals surface area contributed by atoms with E-state index in [1.165, 1.54) is 45.9 Å². The number of unbranched alkanes of at least 4 members (excludes halogenated alkanes) is 1. The Bertz CT molecular complexity index is 376. The van der Waals surface area contributed by atoms with Crippen LogP contribution in [0, 0.1) is 11.8 Å². The number of guanidine groups is 1. The van der Waals surface area contributed by atoms with Gasteiger partial charge >= 0.3 is 5.97 Å². The van der Waals surface area contributed by atoms with E-state index < -0.39 is 0 Å². The molecule has 6 heteroatoms. The zero-order valence-electron chi connectivity index (χ0n) is 14.6. The predicted molar refractivity (Wildman–Crippen MR) is 104 cm³/mol. The van der Waals surface area contributed by atoms with E-state index in [0.717, 1.165) is 43.7 Å². The van der Waals surface area contributed by atoms with Crippen molar-refractivity contribution in [3.05, 3.63) is 0 Å². The summed E-state index contributed by atoms with van der Waals surface area (Å²) in [6.07, 6.45) is 7.85. The number of carbonyl (C=O) groups is 1. The fourth-order valence-electron chi connectivity index (χ4n) is 3.67. The number of nitrogens with one attached hydrogen (secondary N) is 1. The van der Waals surface area contributed by atoms with Crippen LogP contribution in [0.2, 0.25) is 0 Å². The van der Waals surface area contributed by atoms with Crippen LogP contribution in [0.5, 0.6) is 0 Å². The number of esters is 1. The molecule has 2 aliphatic rings. The molecule has 1 saturated heterocycles. The molecule has 0 spiro atoms. The van der Waals surface area contributed by atoms with Crippen LogP contribution in [0.1, 0.15) is 51.9 Å². The molecular formula is C17H32IN3O2. The van der Waals surface area contributed by atoms with Crippen LogP contribution in [-0.4, -0.2) is 50.1 Å². The number of ether oxygens (including phenoxy) is 1. The number of likely N-dealkylation sites (tertiary alicyclic amines) is 1. The summed E-state index contributed by atoms with van der Waals surface area (Å²) < 4.78 is 4.66. The normalized spacial score (nSPS) is 23.9. The van der Waals surface area contributed by atoms with Gasteiger partial charge in [-0.3, -0.25) is 9.79 Å². The van der Waals surface area contributed by atoms with Gasteiger partial charge in [-0.25, -0.2) is 0 Å².